The van der Waals surface area contributed by atoms with Gasteiger partial charge in [-0.1, -0.05) is 30.3 Å². The Morgan fingerprint density at radius 2 is 1.93 bits per heavy atom. The predicted molar refractivity (Wildman–Crippen MR) is 55.3 cm³/mol. The Morgan fingerprint density at radius 1 is 1.21 bits per heavy atom. The van der Waals surface area contributed by atoms with Crippen molar-refractivity contribution in [3.05, 3.63) is 42.6 Å². The first-order valence-electron chi connectivity index (χ1n) is 4.12. The maximum absolute atomic E-state index is 10.7. The Kier molecular flexibility index (Phi) is 2.47. The van der Waals surface area contributed by atoms with Crippen LogP contribution in [0.1, 0.15) is 0 Å². The number of H-pyrrole nitrogens is 1. The van der Waals surface area contributed by atoms with Crippen molar-refractivity contribution in [2.75, 3.05) is 0 Å². The van der Waals surface area contributed by atoms with E-state index in [4.69, 9.17) is 4.55 Å². The van der Waals surface area contributed by atoms with Crippen molar-refractivity contribution in [1.29, 1.82) is 0 Å². The number of aromatic amines is 1. The van der Waals surface area contributed by atoms with Crippen molar-refractivity contribution in [3.63, 3.8) is 0 Å². The molecule has 0 fully saturated rings. The highest BCUT2D eigenvalue weighted by atomic mass is 32.2. The van der Waals surface area contributed by atoms with E-state index in [9.17, 15) is 4.21 Å². The molecule has 0 aliphatic carbocycles. The molecule has 1 heterocycles. The lowest BCUT2D eigenvalue weighted by Crippen LogP contribution is -1.82. The average Bonchev–Trinajstić information content (AvgIpc) is 2.68. The molecule has 1 atom stereocenters. The molecule has 14 heavy (non-hydrogen) atoms. The van der Waals surface area contributed by atoms with E-state index in [1.165, 1.54) is 0 Å². The van der Waals surface area contributed by atoms with Gasteiger partial charge in [-0.3, -0.25) is 0 Å². The Bertz CT molecular complexity index is 450. The number of benzene rings is 1. The highest BCUT2D eigenvalue weighted by Gasteiger charge is 2.04. The van der Waals surface area contributed by atoms with E-state index in [-0.39, 0.29) is 0 Å². The molecule has 1 unspecified atom stereocenters. The molecular weight excluding hydrogens is 198 g/mol. The molecule has 0 saturated heterocycles. The molecule has 0 saturated carbocycles. The van der Waals surface area contributed by atoms with E-state index >= 15 is 0 Å². The fourth-order valence-corrected chi connectivity index (χ4v) is 1.64. The zero-order valence-corrected chi connectivity index (χ0v) is 8.12. The van der Waals surface area contributed by atoms with E-state index in [2.05, 4.69) is 4.98 Å². The number of hydrogen-bond donors (Lipinski definition) is 2. The fourth-order valence-electron chi connectivity index (χ4n) is 1.26. The summed E-state index contributed by atoms with van der Waals surface area (Å²) in [6.07, 6.45) is 1.54. The van der Waals surface area contributed by atoms with Crippen LogP contribution in [0.3, 0.4) is 0 Å². The van der Waals surface area contributed by atoms with Crippen LogP contribution in [0.4, 0.5) is 0 Å². The normalized spacial score (nSPS) is 12.6. The van der Waals surface area contributed by atoms with Crippen LogP contribution in [0.15, 0.2) is 47.5 Å². The summed E-state index contributed by atoms with van der Waals surface area (Å²) in [6, 6.07) is 11.3. The lowest BCUT2D eigenvalue weighted by molar-refractivity contribution is 0.564. The zero-order valence-electron chi connectivity index (χ0n) is 7.31. The predicted octanol–water partition coefficient (Wildman–Crippen LogP) is 2.26. The largest absolute Gasteiger partial charge is 0.360 e. The lowest BCUT2D eigenvalue weighted by Gasteiger charge is -1.94. The molecule has 2 aromatic rings. The molecule has 0 aliphatic rings. The average molecular weight is 207 g/mol. The molecule has 0 aliphatic heterocycles. The highest BCUT2D eigenvalue weighted by molar-refractivity contribution is 7.79. The van der Waals surface area contributed by atoms with Crippen molar-refractivity contribution in [3.8, 4) is 11.3 Å². The second-order valence-corrected chi connectivity index (χ2v) is 3.83. The first kappa shape index (κ1) is 9.18. The maximum atomic E-state index is 10.7. The lowest BCUT2D eigenvalue weighted by atomic mass is 10.2. The van der Waals surface area contributed by atoms with E-state index in [0.717, 1.165) is 11.3 Å². The van der Waals surface area contributed by atoms with Crippen molar-refractivity contribution >= 4 is 11.1 Å². The van der Waals surface area contributed by atoms with Crippen LogP contribution >= 0.6 is 0 Å². The molecule has 1 aromatic heterocycles. The molecular formula is C10H9NO2S. The van der Waals surface area contributed by atoms with E-state index in [1.54, 1.807) is 12.3 Å². The molecule has 0 radical (unpaired) electrons. The van der Waals surface area contributed by atoms with E-state index in [1.807, 2.05) is 30.3 Å². The third kappa shape index (κ3) is 1.76. The minimum Gasteiger partial charge on any atom is -0.360 e. The topological polar surface area (TPSA) is 53.1 Å². The Morgan fingerprint density at radius 3 is 2.50 bits per heavy atom. The first-order chi connectivity index (χ1) is 6.77. The third-order valence-electron chi connectivity index (χ3n) is 1.94. The second-order valence-electron chi connectivity index (χ2n) is 2.86. The summed E-state index contributed by atoms with van der Waals surface area (Å²) in [5, 5.41) is 0. The van der Waals surface area contributed by atoms with Crippen molar-refractivity contribution in [1.82, 2.24) is 4.98 Å². The summed E-state index contributed by atoms with van der Waals surface area (Å²) in [4.78, 5) is 3.34. The number of aromatic nitrogens is 1. The minimum absolute atomic E-state index is 0.392. The standard InChI is InChI=1S/C10H9NO2S/c12-14(13)9-6-10(11-7-9)8-4-2-1-3-5-8/h1-7,11H,(H,12,13). The van der Waals surface area contributed by atoms with Crippen LogP contribution in [-0.2, 0) is 11.1 Å². The molecule has 0 spiro atoms. The van der Waals surface area contributed by atoms with Gasteiger partial charge in [0.25, 0.3) is 0 Å². The Labute approximate surface area is 84.1 Å². The molecule has 72 valence electrons. The molecule has 0 bridgehead atoms. The molecule has 1 aromatic carbocycles. The maximum Gasteiger partial charge on any atom is 0.188 e. The van der Waals surface area contributed by atoms with Gasteiger partial charge in [-0.05, 0) is 11.6 Å². The van der Waals surface area contributed by atoms with E-state index in [0.29, 0.717) is 4.90 Å². The van der Waals surface area contributed by atoms with Gasteiger partial charge in [-0.2, -0.15) is 0 Å². The van der Waals surface area contributed by atoms with Gasteiger partial charge in [0.2, 0.25) is 0 Å². The minimum atomic E-state index is -1.91. The van der Waals surface area contributed by atoms with Gasteiger partial charge < -0.3 is 9.54 Å². The zero-order chi connectivity index (χ0) is 9.97. The van der Waals surface area contributed by atoms with E-state index < -0.39 is 11.1 Å². The van der Waals surface area contributed by atoms with Crippen molar-refractivity contribution in [2.24, 2.45) is 0 Å². The van der Waals surface area contributed by atoms with Gasteiger partial charge in [0, 0.05) is 11.9 Å². The van der Waals surface area contributed by atoms with Gasteiger partial charge in [0.1, 0.15) is 0 Å². The van der Waals surface area contributed by atoms with Crippen LogP contribution < -0.4 is 0 Å². The molecule has 2 rings (SSSR count). The summed E-state index contributed by atoms with van der Waals surface area (Å²) < 4.78 is 19.6. The fraction of sp³-hybridized carbons (Fsp3) is 0. The molecule has 3 nitrogen and oxygen atoms in total. The Balaban J connectivity index is 2.39. The smallest absolute Gasteiger partial charge is 0.188 e. The van der Waals surface area contributed by atoms with Crippen LogP contribution in [-0.4, -0.2) is 13.7 Å². The Hall–Kier alpha value is -1.39. The van der Waals surface area contributed by atoms with Gasteiger partial charge in [-0.25, -0.2) is 4.21 Å². The number of hydrogen-bond acceptors (Lipinski definition) is 1. The highest BCUT2D eigenvalue weighted by Crippen LogP contribution is 2.19. The molecule has 2 N–H and O–H groups in total. The van der Waals surface area contributed by atoms with Crippen LogP contribution in [0.2, 0.25) is 0 Å². The number of nitrogens with one attached hydrogen (secondary N) is 1. The van der Waals surface area contributed by atoms with Crippen LogP contribution in [0.25, 0.3) is 11.3 Å². The second kappa shape index (κ2) is 3.77. The summed E-state index contributed by atoms with van der Waals surface area (Å²) in [5.41, 5.74) is 1.85. The monoisotopic (exact) mass is 207 g/mol. The molecule has 0 amide bonds. The summed E-state index contributed by atoms with van der Waals surface area (Å²) in [7, 11) is 0. The van der Waals surface area contributed by atoms with Gasteiger partial charge in [0.05, 0.1) is 4.90 Å². The summed E-state index contributed by atoms with van der Waals surface area (Å²) in [6.45, 7) is 0. The van der Waals surface area contributed by atoms with Gasteiger partial charge >= 0.3 is 0 Å². The summed E-state index contributed by atoms with van der Waals surface area (Å²) >= 11 is -1.91. The molecule has 4 heteroatoms. The van der Waals surface area contributed by atoms with Crippen molar-refractivity contribution in [2.45, 2.75) is 4.90 Å². The first-order valence-corrected chi connectivity index (χ1v) is 5.23. The van der Waals surface area contributed by atoms with Crippen molar-refractivity contribution < 1.29 is 8.76 Å². The third-order valence-corrected chi connectivity index (χ3v) is 2.58. The van der Waals surface area contributed by atoms with Gasteiger partial charge in [0.15, 0.2) is 11.1 Å². The van der Waals surface area contributed by atoms with Crippen LogP contribution in [0.5, 0.6) is 0 Å². The van der Waals surface area contributed by atoms with Gasteiger partial charge in [-0.15, -0.1) is 0 Å². The quantitative estimate of drug-likeness (QED) is 0.742. The summed E-state index contributed by atoms with van der Waals surface area (Å²) in [5.74, 6) is 0. The number of rotatable bonds is 2. The SMILES string of the molecule is O=S(O)c1c[nH]c(-c2ccccc2)c1. The van der Waals surface area contributed by atoms with Crippen LogP contribution in [0, 0.1) is 0 Å².